The van der Waals surface area contributed by atoms with Crippen molar-refractivity contribution in [3.05, 3.63) is 29.3 Å². The first-order valence-electron chi connectivity index (χ1n) is 5.98. The summed E-state index contributed by atoms with van der Waals surface area (Å²) >= 11 is 1.70. The van der Waals surface area contributed by atoms with E-state index in [1.807, 2.05) is 17.6 Å². The summed E-state index contributed by atoms with van der Waals surface area (Å²) in [6, 6.07) is 4.38. The number of pyridine rings is 1. The van der Waals surface area contributed by atoms with Crippen LogP contribution in [0.5, 0.6) is 0 Å². The molecular weight excluding hydrogens is 246 g/mol. The highest BCUT2D eigenvalue weighted by molar-refractivity contribution is 7.17. The molecule has 0 saturated heterocycles. The number of thiophene rings is 1. The van der Waals surface area contributed by atoms with E-state index in [0.717, 1.165) is 11.1 Å². The Hall–Kier alpha value is -1.46. The van der Waals surface area contributed by atoms with Crippen molar-refractivity contribution >= 4 is 27.5 Å². The molecule has 0 saturated carbocycles. The Labute approximate surface area is 110 Å². The first-order chi connectivity index (χ1) is 8.70. The standard InChI is InChI=1S/C13H17N3OS/c1-9(15-5-3-13(17)14-2)10-7-12-11(16-8-10)4-6-18-12/h4,6-9,15H,3,5H2,1-2H3,(H,14,17). The molecular formula is C13H17N3OS. The number of fused-ring (bicyclic) bond motifs is 1. The van der Waals surface area contributed by atoms with Crippen LogP contribution in [0.2, 0.25) is 0 Å². The van der Waals surface area contributed by atoms with Crippen molar-refractivity contribution < 1.29 is 4.79 Å². The van der Waals surface area contributed by atoms with Crippen molar-refractivity contribution in [3.8, 4) is 0 Å². The summed E-state index contributed by atoms with van der Waals surface area (Å²) < 4.78 is 1.20. The zero-order valence-electron chi connectivity index (χ0n) is 10.6. The summed E-state index contributed by atoms with van der Waals surface area (Å²) in [4.78, 5) is 15.5. The zero-order chi connectivity index (χ0) is 13.0. The number of nitrogens with one attached hydrogen (secondary N) is 2. The molecule has 2 rings (SSSR count). The molecule has 0 radical (unpaired) electrons. The largest absolute Gasteiger partial charge is 0.359 e. The Balaban J connectivity index is 1.95. The van der Waals surface area contributed by atoms with Gasteiger partial charge in [0.05, 0.1) is 10.2 Å². The molecule has 0 bridgehead atoms. The van der Waals surface area contributed by atoms with E-state index in [0.29, 0.717) is 13.0 Å². The molecule has 0 aliphatic rings. The molecule has 0 aliphatic heterocycles. The average molecular weight is 263 g/mol. The van der Waals surface area contributed by atoms with Gasteiger partial charge in [-0.15, -0.1) is 11.3 Å². The van der Waals surface area contributed by atoms with Crippen LogP contribution in [0.3, 0.4) is 0 Å². The molecule has 2 aromatic rings. The molecule has 0 aromatic carbocycles. The van der Waals surface area contributed by atoms with Crippen molar-refractivity contribution in [1.29, 1.82) is 0 Å². The highest BCUT2D eigenvalue weighted by Crippen LogP contribution is 2.22. The van der Waals surface area contributed by atoms with Gasteiger partial charge in [-0.1, -0.05) is 0 Å². The second kappa shape index (κ2) is 5.93. The van der Waals surface area contributed by atoms with E-state index >= 15 is 0 Å². The molecule has 1 unspecified atom stereocenters. The second-order valence-corrected chi connectivity index (χ2v) is 5.12. The molecule has 0 fully saturated rings. The van der Waals surface area contributed by atoms with E-state index in [4.69, 9.17) is 0 Å². The van der Waals surface area contributed by atoms with Gasteiger partial charge in [0.1, 0.15) is 0 Å². The van der Waals surface area contributed by atoms with E-state index in [-0.39, 0.29) is 11.9 Å². The van der Waals surface area contributed by atoms with Crippen LogP contribution in [0.25, 0.3) is 10.2 Å². The summed E-state index contributed by atoms with van der Waals surface area (Å²) in [7, 11) is 1.65. The van der Waals surface area contributed by atoms with Gasteiger partial charge in [-0.05, 0) is 30.0 Å². The van der Waals surface area contributed by atoms with Gasteiger partial charge >= 0.3 is 0 Å². The van der Waals surface area contributed by atoms with Crippen molar-refractivity contribution in [2.75, 3.05) is 13.6 Å². The van der Waals surface area contributed by atoms with Crippen LogP contribution in [0, 0.1) is 0 Å². The number of carbonyl (C=O) groups excluding carboxylic acids is 1. The lowest BCUT2D eigenvalue weighted by molar-refractivity contribution is -0.120. The van der Waals surface area contributed by atoms with Gasteiger partial charge in [-0.2, -0.15) is 0 Å². The number of hydrogen-bond donors (Lipinski definition) is 2. The normalized spacial score (nSPS) is 12.6. The molecule has 96 valence electrons. The minimum Gasteiger partial charge on any atom is -0.359 e. The molecule has 2 heterocycles. The van der Waals surface area contributed by atoms with Gasteiger partial charge < -0.3 is 10.6 Å². The summed E-state index contributed by atoms with van der Waals surface area (Å²) in [6.45, 7) is 2.75. The van der Waals surface area contributed by atoms with Gasteiger partial charge in [0, 0.05) is 32.3 Å². The SMILES string of the molecule is CNC(=O)CCNC(C)c1cnc2ccsc2c1. The molecule has 18 heavy (non-hydrogen) atoms. The third-order valence-corrected chi connectivity index (χ3v) is 3.76. The first-order valence-corrected chi connectivity index (χ1v) is 6.86. The lowest BCUT2D eigenvalue weighted by Crippen LogP contribution is -2.26. The van der Waals surface area contributed by atoms with Crippen LogP contribution in [0.1, 0.15) is 24.9 Å². The fraction of sp³-hybridized carbons (Fsp3) is 0.385. The van der Waals surface area contributed by atoms with Gasteiger partial charge in [0.2, 0.25) is 5.91 Å². The zero-order valence-corrected chi connectivity index (χ0v) is 11.4. The van der Waals surface area contributed by atoms with Gasteiger partial charge in [0.15, 0.2) is 0 Å². The van der Waals surface area contributed by atoms with Crippen LogP contribution in [-0.2, 0) is 4.79 Å². The van der Waals surface area contributed by atoms with Gasteiger partial charge in [-0.3, -0.25) is 9.78 Å². The fourth-order valence-electron chi connectivity index (χ4n) is 1.74. The maximum atomic E-state index is 11.1. The van der Waals surface area contributed by atoms with E-state index in [1.54, 1.807) is 18.4 Å². The lowest BCUT2D eigenvalue weighted by atomic mass is 10.1. The number of aromatic nitrogens is 1. The van der Waals surface area contributed by atoms with E-state index < -0.39 is 0 Å². The summed E-state index contributed by atoms with van der Waals surface area (Å²) in [5.41, 5.74) is 2.20. The predicted octanol–water partition coefficient (Wildman–Crippen LogP) is 2.08. The van der Waals surface area contributed by atoms with E-state index in [9.17, 15) is 4.79 Å². The highest BCUT2D eigenvalue weighted by atomic mass is 32.1. The number of hydrogen-bond acceptors (Lipinski definition) is 4. The minimum atomic E-state index is 0.0570. The Bertz CT molecular complexity index is 538. The number of amides is 1. The lowest BCUT2D eigenvalue weighted by Gasteiger charge is -2.13. The van der Waals surface area contributed by atoms with Crippen LogP contribution in [0.4, 0.5) is 0 Å². The maximum absolute atomic E-state index is 11.1. The fourth-order valence-corrected chi connectivity index (χ4v) is 2.53. The molecule has 0 spiro atoms. The number of carbonyl (C=O) groups is 1. The van der Waals surface area contributed by atoms with E-state index in [1.165, 1.54) is 4.70 Å². The van der Waals surface area contributed by atoms with Crippen LogP contribution < -0.4 is 10.6 Å². The summed E-state index contributed by atoms with van der Waals surface area (Å²) in [6.07, 6.45) is 2.39. The Morgan fingerprint density at radius 3 is 3.17 bits per heavy atom. The van der Waals surface area contributed by atoms with Crippen LogP contribution >= 0.6 is 11.3 Å². The average Bonchev–Trinajstić information content (AvgIpc) is 2.85. The molecule has 5 heteroatoms. The Morgan fingerprint density at radius 1 is 1.56 bits per heavy atom. The third kappa shape index (κ3) is 3.05. The quantitative estimate of drug-likeness (QED) is 0.868. The molecule has 1 atom stereocenters. The molecule has 0 aliphatic carbocycles. The monoisotopic (exact) mass is 263 g/mol. The third-order valence-electron chi connectivity index (χ3n) is 2.91. The molecule has 2 aromatic heterocycles. The smallest absolute Gasteiger partial charge is 0.221 e. The second-order valence-electron chi connectivity index (χ2n) is 4.17. The Kier molecular flexibility index (Phi) is 4.28. The first kappa shape index (κ1) is 13.0. The van der Waals surface area contributed by atoms with Crippen molar-refractivity contribution in [3.63, 3.8) is 0 Å². The Morgan fingerprint density at radius 2 is 2.39 bits per heavy atom. The number of rotatable bonds is 5. The van der Waals surface area contributed by atoms with Crippen molar-refractivity contribution in [1.82, 2.24) is 15.6 Å². The van der Waals surface area contributed by atoms with Crippen molar-refractivity contribution in [2.45, 2.75) is 19.4 Å². The molecule has 4 nitrogen and oxygen atoms in total. The highest BCUT2D eigenvalue weighted by Gasteiger charge is 2.07. The maximum Gasteiger partial charge on any atom is 0.221 e. The van der Waals surface area contributed by atoms with E-state index in [2.05, 4.69) is 28.6 Å². The topological polar surface area (TPSA) is 54.0 Å². The minimum absolute atomic E-state index is 0.0570. The van der Waals surface area contributed by atoms with Crippen LogP contribution in [0.15, 0.2) is 23.7 Å². The molecule has 2 N–H and O–H groups in total. The number of nitrogens with zero attached hydrogens (tertiary/aromatic N) is 1. The summed E-state index contributed by atoms with van der Waals surface area (Å²) in [5, 5.41) is 7.98. The van der Waals surface area contributed by atoms with Gasteiger partial charge in [-0.25, -0.2) is 0 Å². The predicted molar refractivity (Wildman–Crippen MR) is 74.7 cm³/mol. The molecule has 1 amide bonds. The van der Waals surface area contributed by atoms with Gasteiger partial charge in [0.25, 0.3) is 0 Å². The summed E-state index contributed by atoms with van der Waals surface area (Å²) in [5.74, 6) is 0.0570. The van der Waals surface area contributed by atoms with Crippen molar-refractivity contribution in [2.24, 2.45) is 0 Å². The van der Waals surface area contributed by atoms with Crippen LogP contribution in [-0.4, -0.2) is 24.5 Å².